The number of aliphatic hydroxyl groups is 1. The standard InChI is InChI=1S/C17H15Cl2NO3/c1-17(2)15(22)9-6-7-10(18)13(19)12(9)14(16(17)23)20-8-4-3-5-11(20)21/h3-8,14,16,23H,1-2H3/t14-,16+/m0/s1. The van der Waals surface area contributed by atoms with Crippen LogP contribution in [0.15, 0.2) is 41.3 Å². The summed E-state index contributed by atoms with van der Waals surface area (Å²) in [4.78, 5) is 25.0. The minimum Gasteiger partial charge on any atom is -0.390 e. The van der Waals surface area contributed by atoms with Gasteiger partial charge in [0, 0.05) is 23.4 Å². The topological polar surface area (TPSA) is 59.3 Å². The summed E-state index contributed by atoms with van der Waals surface area (Å²) in [5, 5.41) is 11.3. The number of pyridine rings is 1. The van der Waals surface area contributed by atoms with Crippen molar-refractivity contribution in [3.63, 3.8) is 0 Å². The number of benzene rings is 1. The van der Waals surface area contributed by atoms with Gasteiger partial charge < -0.3 is 9.67 Å². The molecule has 23 heavy (non-hydrogen) atoms. The van der Waals surface area contributed by atoms with Crippen molar-refractivity contribution in [1.82, 2.24) is 4.57 Å². The largest absolute Gasteiger partial charge is 0.390 e. The number of ketones is 1. The smallest absolute Gasteiger partial charge is 0.251 e. The maximum Gasteiger partial charge on any atom is 0.251 e. The van der Waals surface area contributed by atoms with E-state index in [1.807, 2.05) is 0 Å². The molecule has 0 saturated carbocycles. The second-order valence-electron chi connectivity index (χ2n) is 6.21. The van der Waals surface area contributed by atoms with Crippen LogP contribution < -0.4 is 5.56 Å². The first-order chi connectivity index (χ1) is 10.8. The molecule has 0 spiro atoms. The van der Waals surface area contributed by atoms with Crippen LogP contribution in [0.25, 0.3) is 0 Å². The van der Waals surface area contributed by atoms with Crippen molar-refractivity contribution in [3.8, 4) is 0 Å². The summed E-state index contributed by atoms with van der Waals surface area (Å²) in [6.45, 7) is 3.32. The SMILES string of the molecule is CC1(C)C(=O)c2ccc(Cl)c(Cl)c2[C@H](n2ccccc2=O)[C@H]1O. The minimum atomic E-state index is -1.11. The van der Waals surface area contributed by atoms with Gasteiger partial charge in [0.25, 0.3) is 5.56 Å². The third-order valence-corrected chi connectivity index (χ3v) is 5.27. The van der Waals surface area contributed by atoms with Gasteiger partial charge in [0.2, 0.25) is 0 Å². The van der Waals surface area contributed by atoms with Crippen LogP contribution in [0.4, 0.5) is 0 Å². The van der Waals surface area contributed by atoms with E-state index in [9.17, 15) is 14.7 Å². The summed E-state index contributed by atoms with van der Waals surface area (Å²) in [6.07, 6.45) is 0.460. The fourth-order valence-corrected chi connectivity index (χ4v) is 3.49. The van der Waals surface area contributed by atoms with Crippen molar-refractivity contribution < 1.29 is 9.90 Å². The number of aromatic nitrogens is 1. The molecular weight excluding hydrogens is 337 g/mol. The molecule has 1 aromatic carbocycles. The first-order valence-corrected chi connectivity index (χ1v) is 7.90. The van der Waals surface area contributed by atoms with E-state index in [0.29, 0.717) is 11.1 Å². The Morgan fingerprint density at radius 2 is 1.83 bits per heavy atom. The lowest BCUT2D eigenvalue weighted by Gasteiger charge is -2.41. The Morgan fingerprint density at radius 3 is 2.48 bits per heavy atom. The van der Waals surface area contributed by atoms with Crippen molar-refractivity contribution in [1.29, 1.82) is 0 Å². The Bertz CT molecular complexity index is 857. The van der Waals surface area contributed by atoms with Crippen LogP contribution in [0.3, 0.4) is 0 Å². The van der Waals surface area contributed by atoms with Gasteiger partial charge in [-0.3, -0.25) is 9.59 Å². The van der Waals surface area contributed by atoms with Crippen molar-refractivity contribution >= 4 is 29.0 Å². The van der Waals surface area contributed by atoms with Crippen LogP contribution in [0.5, 0.6) is 0 Å². The summed E-state index contributed by atoms with van der Waals surface area (Å²) in [6, 6.07) is 7.08. The molecule has 4 nitrogen and oxygen atoms in total. The number of hydrogen-bond donors (Lipinski definition) is 1. The third kappa shape index (κ3) is 2.33. The fraction of sp³-hybridized carbons (Fsp3) is 0.294. The predicted octanol–water partition coefficient (Wildman–Crippen LogP) is 3.33. The number of Topliss-reactive ketones (excluding diaryl/α,β-unsaturated/α-hetero) is 1. The second-order valence-corrected chi connectivity index (χ2v) is 6.99. The average Bonchev–Trinajstić information content (AvgIpc) is 2.51. The molecule has 0 radical (unpaired) electrons. The Labute approximate surface area is 143 Å². The molecule has 0 aliphatic heterocycles. The summed E-state index contributed by atoms with van der Waals surface area (Å²) < 4.78 is 1.39. The molecular formula is C17H15Cl2NO3. The predicted molar refractivity (Wildman–Crippen MR) is 89.4 cm³/mol. The molecule has 2 aromatic rings. The van der Waals surface area contributed by atoms with E-state index in [1.54, 1.807) is 44.3 Å². The molecule has 0 unspecified atom stereocenters. The molecule has 1 aliphatic rings. The summed E-state index contributed by atoms with van der Waals surface area (Å²) >= 11 is 12.4. The average molecular weight is 352 g/mol. The van der Waals surface area contributed by atoms with Gasteiger partial charge in [-0.05, 0) is 32.0 Å². The fourth-order valence-electron chi connectivity index (χ4n) is 3.05. The lowest BCUT2D eigenvalue weighted by atomic mass is 9.68. The van der Waals surface area contributed by atoms with E-state index in [1.165, 1.54) is 10.6 Å². The number of fused-ring (bicyclic) bond motifs is 1. The highest BCUT2D eigenvalue weighted by Crippen LogP contribution is 2.46. The Balaban J connectivity index is 2.38. The summed E-state index contributed by atoms with van der Waals surface area (Å²) in [7, 11) is 0. The van der Waals surface area contributed by atoms with Crippen LogP contribution in [0.1, 0.15) is 35.8 Å². The number of carbonyl (C=O) groups excluding carboxylic acids is 1. The van der Waals surface area contributed by atoms with E-state index < -0.39 is 17.6 Å². The number of halogens is 2. The van der Waals surface area contributed by atoms with Gasteiger partial charge >= 0.3 is 0 Å². The van der Waals surface area contributed by atoms with Gasteiger partial charge in [-0.15, -0.1) is 0 Å². The van der Waals surface area contributed by atoms with Crippen molar-refractivity contribution in [3.05, 3.63) is 68.1 Å². The molecule has 0 amide bonds. The normalized spacial score (nSPS) is 22.7. The van der Waals surface area contributed by atoms with Crippen molar-refractivity contribution in [2.24, 2.45) is 5.41 Å². The molecule has 0 saturated heterocycles. The Kier molecular flexibility index (Phi) is 3.87. The number of aliphatic hydroxyl groups excluding tert-OH is 1. The number of hydrogen-bond acceptors (Lipinski definition) is 3. The molecule has 2 atom stereocenters. The molecule has 0 bridgehead atoms. The van der Waals surface area contributed by atoms with Crippen molar-refractivity contribution in [2.75, 3.05) is 0 Å². The molecule has 1 heterocycles. The summed E-state index contributed by atoms with van der Waals surface area (Å²) in [5.74, 6) is -0.223. The quantitative estimate of drug-likeness (QED) is 0.857. The zero-order valence-corrected chi connectivity index (χ0v) is 14.1. The zero-order valence-electron chi connectivity index (χ0n) is 12.6. The molecule has 120 valence electrons. The second kappa shape index (κ2) is 5.48. The van der Waals surface area contributed by atoms with E-state index in [0.717, 1.165) is 0 Å². The lowest BCUT2D eigenvalue weighted by Crippen LogP contribution is -2.49. The molecule has 6 heteroatoms. The van der Waals surface area contributed by atoms with Gasteiger partial charge in [-0.1, -0.05) is 29.3 Å². The number of rotatable bonds is 1. The van der Waals surface area contributed by atoms with E-state index in [2.05, 4.69) is 0 Å². The van der Waals surface area contributed by atoms with Crippen LogP contribution >= 0.6 is 23.2 Å². The first kappa shape index (κ1) is 16.2. The minimum absolute atomic E-state index is 0.188. The van der Waals surface area contributed by atoms with Gasteiger partial charge in [0.05, 0.1) is 27.6 Å². The first-order valence-electron chi connectivity index (χ1n) is 7.14. The number of nitrogens with zero attached hydrogens (tertiary/aromatic N) is 1. The maximum atomic E-state index is 12.7. The maximum absolute atomic E-state index is 12.7. The van der Waals surface area contributed by atoms with Crippen LogP contribution in [-0.4, -0.2) is 21.6 Å². The highest BCUT2D eigenvalue weighted by Gasteiger charge is 2.49. The Morgan fingerprint density at radius 1 is 1.13 bits per heavy atom. The zero-order chi connectivity index (χ0) is 16.9. The van der Waals surface area contributed by atoms with Gasteiger partial charge in [-0.25, -0.2) is 0 Å². The molecule has 1 N–H and O–H groups in total. The molecule has 1 aliphatic carbocycles. The van der Waals surface area contributed by atoms with Crippen molar-refractivity contribution in [2.45, 2.75) is 26.0 Å². The van der Waals surface area contributed by atoms with E-state index in [-0.39, 0.29) is 21.4 Å². The van der Waals surface area contributed by atoms with Crippen LogP contribution in [0, 0.1) is 5.41 Å². The van der Waals surface area contributed by atoms with Gasteiger partial charge in [0.15, 0.2) is 5.78 Å². The van der Waals surface area contributed by atoms with E-state index in [4.69, 9.17) is 23.2 Å². The van der Waals surface area contributed by atoms with Crippen LogP contribution in [0.2, 0.25) is 10.0 Å². The van der Waals surface area contributed by atoms with Gasteiger partial charge in [0.1, 0.15) is 0 Å². The molecule has 1 aromatic heterocycles. The molecule has 3 rings (SSSR count). The van der Waals surface area contributed by atoms with E-state index >= 15 is 0 Å². The Hall–Kier alpha value is -1.62. The van der Waals surface area contributed by atoms with Crippen LogP contribution in [-0.2, 0) is 0 Å². The molecule has 0 fully saturated rings. The van der Waals surface area contributed by atoms with Gasteiger partial charge in [-0.2, -0.15) is 0 Å². The summed E-state index contributed by atoms with van der Waals surface area (Å²) in [5.41, 5.74) is -0.562. The third-order valence-electron chi connectivity index (χ3n) is 4.45. The lowest BCUT2D eigenvalue weighted by molar-refractivity contribution is 0.0134. The number of carbonyl (C=O) groups is 1. The highest BCUT2D eigenvalue weighted by atomic mass is 35.5. The monoisotopic (exact) mass is 351 g/mol. The highest BCUT2D eigenvalue weighted by molar-refractivity contribution is 6.43.